The van der Waals surface area contributed by atoms with Crippen LogP contribution in [0.3, 0.4) is 0 Å². The Morgan fingerprint density at radius 2 is 1.89 bits per heavy atom. The maximum atomic E-state index is 12.4. The van der Waals surface area contributed by atoms with E-state index < -0.39 is 12.1 Å². The second-order valence-corrected chi connectivity index (χ2v) is 6.36. The molecule has 0 bridgehead atoms. The van der Waals surface area contributed by atoms with Crippen LogP contribution in [-0.4, -0.2) is 45.5 Å². The van der Waals surface area contributed by atoms with Gasteiger partial charge in [-0.05, 0) is 24.6 Å². The maximum absolute atomic E-state index is 12.4. The third-order valence-electron chi connectivity index (χ3n) is 4.92. The van der Waals surface area contributed by atoms with Gasteiger partial charge in [-0.2, -0.15) is 0 Å². The summed E-state index contributed by atoms with van der Waals surface area (Å²) in [4.78, 5) is 12.4. The number of benzene rings is 1. The Hall–Kier alpha value is -2.52. The third kappa shape index (κ3) is 2.85. The van der Waals surface area contributed by atoms with Crippen LogP contribution in [0.1, 0.15) is 34.4 Å². The first kappa shape index (κ1) is 18.8. The van der Waals surface area contributed by atoms with Gasteiger partial charge in [-0.15, -0.1) is 0 Å². The molecular formula is C20H21NO7. The predicted molar refractivity (Wildman–Crippen MR) is 96.9 cm³/mol. The lowest BCUT2D eigenvalue weighted by Gasteiger charge is -2.30. The van der Waals surface area contributed by atoms with E-state index in [0.29, 0.717) is 35.8 Å². The van der Waals surface area contributed by atoms with Gasteiger partial charge in [0.2, 0.25) is 17.3 Å². The molecule has 0 saturated carbocycles. The first-order chi connectivity index (χ1) is 13.6. The predicted octanol–water partition coefficient (Wildman–Crippen LogP) is 2.98. The number of rotatable bonds is 5. The number of carbonyl (C=O) groups is 1. The van der Waals surface area contributed by atoms with Crippen molar-refractivity contribution in [2.24, 2.45) is 0 Å². The molecule has 0 spiro atoms. The summed E-state index contributed by atoms with van der Waals surface area (Å²) < 4.78 is 33.8. The molecule has 4 rings (SSSR count). The number of ether oxygens (including phenoxy) is 5. The van der Waals surface area contributed by atoms with E-state index in [1.165, 1.54) is 20.3 Å². The van der Waals surface area contributed by atoms with Crippen LogP contribution in [0.15, 0.2) is 34.9 Å². The minimum atomic E-state index is -1.31. The highest BCUT2D eigenvalue weighted by atomic mass is 16.7. The first-order valence-electron chi connectivity index (χ1n) is 8.89. The molecule has 0 unspecified atom stereocenters. The van der Waals surface area contributed by atoms with Gasteiger partial charge in [0.05, 0.1) is 31.5 Å². The molecule has 2 aromatic rings. The number of methoxy groups -OCH3 is 3. The molecule has 1 aliphatic carbocycles. The summed E-state index contributed by atoms with van der Waals surface area (Å²) in [5.41, 5.74) is 2.08. The van der Waals surface area contributed by atoms with Crippen molar-refractivity contribution in [3.05, 3.63) is 47.2 Å². The van der Waals surface area contributed by atoms with E-state index in [9.17, 15) is 4.79 Å². The first-order valence-corrected chi connectivity index (χ1v) is 8.89. The van der Waals surface area contributed by atoms with Gasteiger partial charge >= 0.3 is 0 Å². The molecule has 1 aromatic heterocycles. The average Bonchev–Trinajstić information content (AvgIpc) is 3.21. The SMILES string of the molecule is COc1cccc(C2OCCCO2)c1-c1noc2c1C(OC)(OC)C=CC2=O. The number of ketones is 1. The van der Waals surface area contributed by atoms with Crippen LogP contribution in [0.25, 0.3) is 11.3 Å². The third-order valence-corrected chi connectivity index (χ3v) is 4.92. The van der Waals surface area contributed by atoms with Gasteiger partial charge in [0.1, 0.15) is 11.4 Å². The smallest absolute Gasteiger partial charge is 0.224 e. The van der Waals surface area contributed by atoms with Crippen LogP contribution in [0.4, 0.5) is 0 Å². The lowest BCUT2D eigenvalue weighted by atomic mass is 9.90. The van der Waals surface area contributed by atoms with E-state index >= 15 is 0 Å². The van der Waals surface area contributed by atoms with Crippen molar-refractivity contribution in [2.45, 2.75) is 18.5 Å². The van der Waals surface area contributed by atoms with E-state index in [2.05, 4.69) is 5.16 Å². The fourth-order valence-corrected chi connectivity index (χ4v) is 3.56. The lowest BCUT2D eigenvalue weighted by Crippen LogP contribution is -2.33. The Kier molecular flexibility index (Phi) is 5.03. The van der Waals surface area contributed by atoms with Gasteiger partial charge in [-0.1, -0.05) is 17.3 Å². The van der Waals surface area contributed by atoms with E-state index in [1.807, 2.05) is 12.1 Å². The van der Waals surface area contributed by atoms with E-state index in [-0.39, 0.29) is 11.5 Å². The van der Waals surface area contributed by atoms with Crippen molar-refractivity contribution < 1.29 is 33.0 Å². The highest BCUT2D eigenvalue weighted by Gasteiger charge is 2.44. The Bertz CT molecular complexity index is 907. The number of hydrogen-bond acceptors (Lipinski definition) is 8. The van der Waals surface area contributed by atoms with Crippen LogP contribution < -0.4 is 4.74 Å². The summed E-state index contributed by atoms with van der Waals surface area (Å²) in [5.74, 6) is -1.04. The minimum Gasteiger partial charge on any atom is -0.496 e. The molecule has 2 aliphatic rings. The van der Waals surface area contributed by atoms with Crippen LogP contribution in [0.2, 0.25) is 0 Å². The van der Waals surface area contributed by atoms with Gasteiger partial charge in [-0.25, -0.2) is 0 Å². The zero-order chi connectivity index (χ0) is 19.7. The number of nitrogens with zero attached hydrogens (tertiary/aromatic N) is 1. The normalized spacial score (nSPS) is 18.9. The molecule has 1 aliphatic heterocycles. The highest BCUT2D eigenvalue weighted by Crippen LogP contribution is 2.46. The highest BCUT2D eigenvalue weighted by molar-refractivity contribution is 6.06. The maximum Gasteiger partial charge on any atom is 0.224 e. The molecule has 1 saturated heterocycles. The Morgan fingerprint density at radius 3 is 2.57 bits per heavy atom. The van der Waals surface area contributed by atoms with Crippen LogP contribution >= 0.6 is 0 Å². The fourth-order valence-electron chi connectivity index (χ4n) is 3.56. The summed E-state index contributed by atoms with van der Waals surface area (Å²) in [6, 6.07) is 5.51. The molecular weight excluding hydrogens is 366 g/mol. The number of fused-ring (bicyclic) bond motifs is 1. The second-order valence-electron chi connectivity index (χ2n) is 6.36. The number of allylic oxidation sites excluding steroid dienone is 1. The molecule has 8 heteroatoms. The quantitative estimate of drug-likeness (QED) is 0.724. The second kappa shape index (κ2) is 7.48. The summed E-state index contributed by atoms with van der Waals surface area (Å²) in [5, 5.41) is 4.19. The fraction of sp³-hybridized carbons (Fsp3) is 0.400. The van der Waals surface area contributed by atoms with Gasteiger partial charge in [0.15, 0.2) is 6.29 Å². The van der Waals surface area contributed by atoms with Gasteiger partial charge in [0.25, 0.3) is 0 Å². The number of carbonyl (C=O) groups excluding carboxylic acids is 1. The van der Waals surface area contributed by atoms with Crippen molar-refractivity contribution in [3.63, 3.8) is 0 Å². The Labute approximate surface area is 161 Å². The average molecular weight is 387 g/mol. The number of hydrogen-bond donors (Lipinski definition) is 0. The van der Waals surface area contributed by atoms with Crippen molar-refractivity contribution >= 4 is 5.78 Å². The molecule has 148 valence electrons. The topological polar surface area (TPSA) is 89.2 Å². The van der Waals surface area contributed by atoms with E-state index in [4.69, 9.17) is 28.2 Å². The van der Waals surface area contributed by atoms with Crippen LogP contribution in [0.5, 0.6) is 5.75 Å². The monoisotopic (exact) mass is 387 g/mol. The largest absolute Gasteiger partial charge is 0.496 e. The van der Waals surface area contributed by atoms with Gasteiger partial charge in [-0.3, -0.25) is 4.79 Å². The summed E-state index contributed by atoms with van der Waals surface area (Å²) >= 11 is 0. The zero-order valence-corrected chi connectivity index (χ0v) is 15.9. The Morgan fingerprint density at radius 1 is 1.14 bits per heavy atom. The molecule has 8 nitrogen and oxygen atoms in total. The van der Waals surface area contributed by atoms with Crippen LogP contribution in [-0.2, 0) is 24.7 Å². The molecule has 1 fully saturated rings. The summed E-state index contributed by atoms with van der Waals surface area (Å²) in [7, 11) is 4.53. The van der Waals surface area contributed by atoms with Crippen molar-refractivity contribution in [3.8, 4) is 17.0 Å². The van der Waals surface area contributed by atoms with Crippen molar-refractivity contribution in [1.29, 1.82) is 0 Å². The van der Waals surface area contributed by atoms with Crippen molar-refractivity contribution in [1.82, 2.24) is 5.16 Å². The van der Waals surface area contributed by atoms with E-state index in [1.54, 1.807) is 19.3 Å². The molecule has 2 heterocycles. The van der Waals surface area contributed by atoms with Crippen LogP contribution in [0, 0.1) is 0 Å². The van der Waals surface area contributed by atoms with Gasteiger partial charge < -0.3 is 28.2 Å². The summed E-state index contributed by atoms with van der Waals surface area (Å²) in [6.45, 7) is 1.17. The lowest BCUT2D eigenvalue weighted by molar-refractivity contribution is -0.183. The number of aromatic nitrogens is 1. The van der Waals surface area contributed by atoms with Crippen molar-refractivity contribution in [2.75, 3.05) is 34.5 Å². The summed E-state index contributed by atoms with van der Waals surface area (Å²) in [6.07, 6.45) is 3.13. The molecule has 0 N–H and O–H groups in total. The standard InChI is InChI=1S/C20H21NO7/c1-23-14-7-4-6-12(19-26-10-5-11-27-19)15(14)17-16-18(28-21-17)13(22)8-9-20(16,24-2)25-3/h4,6-9,19H,5,10-11H2,1-3H3. The van der Waals surface area contributed by atoms with E-state index in [0.717, 1.165) is 12.0 Å². The molecule has 0 amide bonds. The van der Waals surface area contributed by atoms with Gasteiger partial charge in [0, 0.05) is 19.8 Å². The molecule has 0 radical (unpaired) electrons. The Balaban J connectivity index is 1.96. The molecule has 1 aromatic carbocycles. The molecule has 28 heavy (non-hydrogen) atoms. The minimum absolute atomic E-state index is 0.0588. The zero-order valence-electron chi connectivity index (χ0n) is 15.9. The molecule has 0 atom stereocenters.